The largest absolute Gasteiger partial charge is 0.369 e. The van der Waals surface area contributed by atoms with Gasteiger partial charge in [0.25, 0.3) is 0 Å². The smallest absolute Gasteiger partial charge is 0.227 e. The minimum atomic E-state index is 0.610. The molecule has 140 valence electrons. The van der Waals surface area contributed by atoms with Gasteiger partial charge in [-0.25, -0.2) is 4.98 Å². The third-order valence-electron chi connectivity index (χ3n) is 3.95. The van der Waals surface area contributed by atoms with Crippen molar-refractivity contribution in [3.63, 3.8) is 0 Å². The molecule has 7 nitrogen and oxygen atoms in total. The number of rotatable bonds is 9. The SMILES string of the molecule is CN(C)CCNc1ccnc(N(Cc2ccccn2)Cc2ccccn2)n1. The molecule has 0 atom stereocenters. The van der Waals surface area contributed by atoms with Crippen molar-refractivity contribution in [3.05, 3.63) is 72.4 Å². The lowest BCUT2D eigenvalue weighted by molar-refractivity contribution is 0.425. The lowest BCUT2D eigenvalue weighted by Gasteiger charge is -2.22. The zero-order chi connectivity index (χ0) is 18.9. The molecular weight excluding hydrogens is 338 g/mol. The van der Waals surface area contributed by atoms with E-state index in [1.54, 1.807) is 18.6 Å². The van der Waals surface area contributed by atoms with Crippen LogP contribution in [0.2, 0.25) is 0 Å². The molecule has 7 heteroatoms. The molecular formula is C20H25N7. The predicted molar refractivity (Wildman–Crippen MR) is 107 cm³/mol. The molecule has 27 heavy (non-hydrogen) atoms. The van der Waals surface area contributed by atoms with Gasteiger partial charge in [0.15, 0.2) is 0 Å². The Kier molecular flexibility index (Phi) is 6.65. The number of pyridine rings is 2. The van der Waals surface area contributed by atoms with E-state index >= 15 is 0 Å². The molecule has 0 bridgehead atoms. The van der Waals surface area contributed by atoms with E-state index in [9.17, 15) is 0 Å². The van der Waals surface area contributed by atoms with Crippen LogP contribution in [-0.4, -0.2) is 52.0 Å². The molecule has 0 saturated heterocycles. The fourth-order valence-corrected chi connectivity index (χ4v) is 2.58. The summed E-state index contributed by atoms with van der Waals surface area (Å²) in [5, 5.41) is 3.35. The molecule has 3 rings (SSSR count). The summed E-state index contributed by atoms with van der Waals surface area (Å²) < 4.78 is 0. The van der Waals surface area contributed by atoms with Gasteiger partial charge in [-0.3, -0.25) is 9.97 Å². The molecule has 0 aliphatic heterocycles. The maximum atomic E-state index is 4.69. The first-order valence-electron chi connectivity index (χ1n) is 8.97. The van der Waals surface area contributed by atoms with Crippen molar-refractivity contribution in [2.24, 2.45) is 0 Å². The van der Waals surface area contributed by atoms with Gasteiger partial charge in [0.05, 0.1) is 24.5 Å². The Morgan fingerprint density at radius 2 is 1.48 bits per heavy atom. The Balaban J connectivity index is 1.79. The molecule has 3 aromatic heterocycles. The molecule has 3 aromatic rings. The van der Waals surface area contributed by atoms with Crippen molar-refractivity contribution in [2.75, 3.05) is 37.4 Å². The van der Waals surface area contributed by atoms with Gasteiger partial charge in [-0.2, -0.15) is 4.98 Å². The molecule has 3 heterocycles. The third-order valence-corrected chi connectivity index (χ3v) is 3.95. The van der Waals surface area contributed by atoms with Crippen LogP contribution in [0.3, 0.4) is 0 Å². The highest BCUT2D eigenvalue weighted by atomic mass is 15.3. The van der Waals surface area contributed by atoms with Crippen molar-refractivity contribution in [3.8, 4) is 0 Å². The Labute approximate surface area is 160 Å². The van der Waals surface area contributed by atoms with E-state index in [-0.39, 0.29) is 0 Å². The highest BCUT2D eigenvalue weighted by molar-refractivity contribution is 5.42. The normalized spacial score (nSPS) is 10.8. The van der Waals surface area contributed by atoms with Crippen LogP contribution in [0.25, 0.3) is 0 Å². The van der Waals surface area contributed by atoms with Crippen LogP contribution in [0.5, 0.6) is 0 Å². The standard InChI is InChI=1S/C20H25N7/c1-26(2)14-13-23-19-9-12-24-20(25-19)27(15-17-7-3-5-10-21-17)16-18-8-4-6-11-22-18/h3-12H,13-16H2,1-2H3,(H,23,24,25). The Hall–Kier alpha value is -3.06. The van der Waals surface area contributed by atoms with Gasteiger partial charge in [-0.15, -0.1) is 0 Å². The van der Waals surface area contributed by atoms with E-state index in [0.29, 0.717) is 19.0 Å². The molecule has 1 N–H and O–H groups in total. The quantitative estimate of drug-likeness (QED) is 0.626. The average molecular weight is 363 g/mol. The van der Waals surface area contributed by atoms with Crippen molar-refractivity contribution < 1.29 is 0 Å². The van der Waals surface area contributed by atoms with Crippen molar-refractivity contribution in [2.45, 2.75) is 13.1 Å². The van der Waals surface area contributed by atoms with Crippen LogP contribution in [0.15, 0.2) is 61.1 Å². The molecule has 0 unspecified atom stereocenters. The second kappa shape index (κ2) is 9.59. The summed E-state index contributed by atoms with van der Waals surface area (Å²) in [6.07, 6.45) is 5.38. The Morgan fingerprint density at radius 1 is 0.815 bits per heavy atom. The summed E-state index contributed by atoms with van der Waals surface area (Å²) in [6.45, 7) is 2.98. The maximum Gasteiger partial charge on any atom is 0.227 e. The van der Waals surface area contributed by atoms with Crippen LogP contribution in [0.4, 0.5) is 11.8 Å². The number of likely N-dealkylation sites (N-methyl/N-ethyl adjacent to an activating group) is 1. The third kappa shape index (κ3) is 6.00. The highest BCUT2D eigenvalue weighted by Gasteiger charge is 2.13. The van der Waals surface area contributed by atoms with Gasteiger partial charge in [-0.05, 0) is 44.4 Å². The first kappa shape index (κ1) is 18.7. The van der Waals surface area contributed by atoms with E-state index in [1.807, 2.05) is 42.5 Å². The topological polar surface area (TPSA) is 70.1 Å². The monoisotopic (exact) mass is 363 g/mol. The second-order valence-corrected chi connectivity index (χ2v) is 6.47. The van der Waals surface area contributed by atoms with Gasteiger partial charge in [0, 0.05) is 31.7 Å². The maximum absolute atomic E-state index is 4.69. The molecule has 0 saturated carbocycles. The molecule has 0 radical (unpaired) electrons. The Morgan fingerprint density at radius 3 is 2.04 bits per heavy atom. The van der Waals surface area contributed by atoms with Gasteiger partial charge in [0.2, 0.25) is 5.95 Å². The van der Waals surface area contributed by atoms with Crippen LogP contribution in [-0.2, 0) is 13.1 Å². The molecule has 0 aromatic carbocycles. The number of aromatic nitrogens is 4. The fraction of sp³-hybridized carbons (Fsp3) is 0.300. The van der Waals surface area contributed by atoms with Crippen LogP contribution in [0, 0.1) is 0 Å². The van der Waals surface area contributed by atoms with Crippen molar-refractivity contribution in [1.82, 2.24) is 24.8 Å². The van der Waals surface area contributed by atoms with Gasteiger partial charge in [-0.1, -0.05) is 12.1 Å². The summed E-state index contributed by atoms with van der Waals surface area (Å²) in [5.74, 6) is 1.47. The van der Waals surface area contributed by atoms with Crippen LogP contribution >= 0.6 is 0 Å². The first-order valence-corrected chi connectivity index (χ1v) is 8.97. The zero-order valence-corrected chi connectivity index (χ0v) is 15.8. The fourth-order valence-electron chi connectivity index (χ4n) is 2.58. The number of nitrogens with one attached hydrogen (secondary N) is 1. The summed E-state index contributed by atoms with van der Waals surface area (Å²) in [5.41, 5.74) is 1.92. The molecule has 0 aliphatic rings. The van der Waals surface area contributed by atoms with Gasteiger partial charge >= 0.3 is 0 Å². The first-order chi connectivity index (χ1) is 13.2. The second-order valence-electron chi connectivity index (χ2n) is 6.47. The van der Waals surface area contributed by atoms with E-state index in [4.69, 9.17) is 4.98 Å². The average Bonchev–Trinajstić information content (AvgIpc) is 2.69. The van der Waals surface area contributed by atoms with Gasteiger partial charge in [0.1, 0.15) is 5.82 Å². The predicted octanol–water partition coefficient (Wildman–Crippen LogP) is 2.45. The molecule has 0 spiro atoms. The molecule has 0 fully saturated rings. The van der Waals surface area contributed by atoms with E-state index in [2.05, 4.69) is 44.2 Å². The number of anilines is 2. The van der Waals surface area contributed by atoms with E-state index in [1.165, 1.54) is 0 Å². The summed E-state index contributed by atoms with van der Waals surface area (Å²) >= 11 is 0. The number of hydrogen-bond acceptors (Lipinski definition) is 7. The molecule has 0 aliphatic carbocycles. The van der Waals surface area contributed by atoms with E-state index < -0.39 is 0 Å². The number of nitrogens with zero attached hydrogens (tertiary/aromatic N) is 6. The zero-order valence-electron chi connectivity index (χ0n) is 15.8. The van der Waals surface area contributed by atoms with Crippen LogP contribution in [0.1, 0.15) is 11.4 Å². The number of hydrogen-bond donors (Lipinski definition) is 1. The van der Waals surface area contributed by atoms with Crippen molar-refractivity contribution >= 4 is 11.8 Å². The Bertz CT molecular complexity index is 767. The van der Waals surface area contributed by atoms with Crippen LogP contribution < -0.4 is 10.2 Å². The minimum Gasteiger partial charge on any atom is -0.369 e. The summed E-state index contributed by atoms with van der Waals surface area (Å²) in [7, 11) is 4.10. The van der Waals surface area contributed by atoms with Gasteiger partial charge < -0.3 is 15.1 Å². The highest BCUT2D eigenvalue weighted by Crippen LogP contribution is 2.16. The summed E-state index contributed by atoms with van der Waals surface area (Å²) in [6, 6.07) is 13.7. The minimum absolute atomic E-state index is 0.610. The molecule has 0 amide bonds. The summed E-state index contributed by atoms with van der Waals surface area (Å²) in [4.78, 5) is 22.3. The lowest BCUT2D eigenvalue weighted by Crippen LogP contribution is -2.26. The lowest BCUT2D eigenvalue weighted by atomic mass is 10.3. The van der Waals surface area contributed by atoms with Crippen molar-refractivity contribution in [1.29, 1.82) is 0 Å². The van der Waals surface area contributed by atoms with E-state index in [0.717, 1.165) is 30.3 Å².